The number of amides is 1. The second-order valence-corrected chi connectivity index (χ2v) is 6.29. The van der Waals surface area contributed by atoms with Crippen molar-refractivity contribution < 1.29 is 9.21 Å². The number of furan rings is 1. The number of carbonyl (C=O) groups excluding carboxylic acids is 1. The minimum absolute atomic E-state index is 0.127. The second kappa shape index (κ2) is 7.44. The molecular formula is C17H23N5O2. The fraction of sp³-hybridized carbons (Fsp3) is 0.471. The molecule has 3 rings (SSSR count). The van der Waals surface area contributed by atoms with Gasteiger partial charge in [-0.25, -0.2) is 9.97 Å². The molecule has 1 amide bonds. The van der Waals surface area contributed by atoms with Crippen molar-refractivity contribution in [3.05, 3.63) is 41.6 Å². The average Bonchev–Trinajstić information content (AvgIpc) is 3.05. The van der Waals surface area contributed by atoms with Crippen LogP contribution in [0.15, 0.2) is 28.9 Å². The van der Waals surface area contributed by atoms with Gasteiger partial charge in [-0.15, -0.1) is 0 Å². The number of aromatic nitrogens is 2. The normalized spacial score (nSPS) is 18.5. The van der Waals surface area contributed by atoms with E-state index >= 15 is 0 Å². The van der Waals surface area contributed by atoms with Crippen LogP contribution in [0.5, 0.6) is 0 Å². The Kier molecular flexibility index (Phi) is 5.10. The lowest BCUT2D eigenvalue weighted by atomic mass is 9.98. The Bertz CT molecular complexity index is 666. The van der Waals surface area contributed by atoms with Gasteiger partial charge in [0.15, 0.2) is 0 Å². The summed E-state index contributed by atoms with van der Waals surface area (Å²) in [6, 6.07) is 5.55. The molecule has 3 N–H and O–H groups in total. The number of likely N-dealkylation sites (tertiary alicyclic amines) is 1. The van der Waals surface area contributed by atoms with E-state index in [0.717, 1.165) is 38.2 Å². The first-order valence-electron chi connectivity index (χ1n) is 8.24. The zero-order valence-electron chi connectivity index (χ0n) is 13.9. The number of hydrogen-bond acceptors (Lipinski definition) is 6. The molecule has 0 bridgehead atoms. The van der Waals surface area contributed by atoms with Crippen LogP contribution in [0.2, 0.25) is 0 Å². The van der Waals surface area contributed by atoms with Crippen LogP contribution in [0, 0.1) is 12.8 Å². The molecule has 7 heteroatoms. The van der Waals surface area contributed by atoms with Crippen molar-refractivity contribution in [2.24, 2.45) is 5.92 Å². The SMILES string of the molecule is Cc1cc(C(=O)NCC2CCCN(Cc3ccco3)C2)nc(N)n1. The van der Waals surface area contributed by atoms with E-state index in [-0.39, 0.29) is 11.9 Å². The zero-order valence-corrected chi connectivity index (χ0v) is 13.9. The first-order valence-corrected chi connectivity index (χ1v) is 8.24. The Balaban J connectivity index is 1.51. The number of carbonyl (C=O) groups is 1. The van der Waals surface area contributed by atoms with Gasteiger partial charge in [0, 0.05) is 18.8 Å². The molecule has 0 spiro atoms. The van der Waals surface area contributed by atoms with E-state index in [9.17, 15) is 4.79 Å². The Morgan fingerprint density at radius 2 is 2.38 bits per heavy atom. The highest BCUT2D eigenvalue weighted by Crippen LogP contribution is 2.18. The molecule has 1 aliphatic rings. The summed E-state index contributed by atoms with van der Waals surface area (Å²) in [6.07, 6.45) is 3.94. The van der Waals surface area contributed by atoms with Gasteiger partial charge in [-0.3, -0.25) is 9.69 Å². The third kappa shape index (κ3) is 4.32. The van der Waals surface area contributed by atoms with E-state index in [1.54, 1.807) is 19.3 Å². The molecule has 7 nitrogen and oxygen atoms in total. The van der Waals surface area contributed by atoms with Crippen molar-refractivity contribution in [2.75, 3.05) is 25.4 Å². The van der Waals surface area contributed by atoms with E-state index in [4.69, 9.17) is 10.2 Å². The summed E-state index contributed by atoms with van der Waals surface area (Å²) in [5.41, 5.74) is 6.61. The molecule has 1 unspecified atom stereocenters. The Morgan fingerprint density at radius 3 is 3.12 bits per heavy atom. The number of nitrogens with zero attached hydrogens (tertiary/aromatic N) is 3. The maximum Gasteiger partial charge on any atom is 0.270 e. The van der Waals surface area contributed by atoms with Crippen molar-refractivity contribution >= 4 is 11.9 Å². The smallest absolute Gasteiger partial charge is 0.270 e. The second-order valence-electron chi connectivity index (χ2n) is 6.29. The minimum Gasteiger partial charge on any atom is -0.468 e. The van der Waals surface area contributed by atoms with Crippen LogP contribution in [0.1, 0.15) is 34.8 Å². The predicted molar refractivity (Wildman–Crippen MR) is 90.2 cm³/mol. The number of anilines is 1. The van der Waals surface area contributed by atoms with Crippen molar-refractivity contribution in [2.45, 2.75) is 26.3 Å². The van der Waals surface area contributed by atoms with Crippen molar-refractivity contribution in [1.29, 1.82) is 0 Å². The van der Waals surface area contributed by atoms with Crippen LogP contribution in [-0.2, 0) is 6.54 Å². The maximum absolute atomic E-state index is 12.2. The topological polar surface area (TPSA) is 97.3 Å². The molecular weight excluding hydrogens is 306 g/mol. The van der Waals surface area contributed by atoms with Crippen molar-refractivity contribution in [3.8, 4) is 0 Å². The number of nitrogens with two attached hydrogens (primary N) is 1. The molecule has 2 aromatic heterocycles. The molecule has 128 valence electrons. The molecule has 1 fully saturated rings. The molecule has 2 aromatic rings. The first-order chi connectivity index (χ1) is 11.6. The van der Waals surface area contributed by atoms with Gasteiger partial charge in [0.2, 0.25) is 5.95 Å². The van der Waals surface area contributed by atoms with Gasteiger partial charge in [0.1, 0.15) is 11.5 Å². The van der Waals surface area contributed by atoms with E-state index < -0.39 is 0 Å². The highest BCUT2D eigenvalue weighted by atomic mass is 16.3. The molecule has 1 saturated heterocycles. The summed E-state index contributed by atoms with van der Waals surface area (Å²) >= 11 is 0. The standard InChI is InChI=1S/C17H23N5O2/c1-12-8-15(21-17(18)20-12)16(23)19-9-13-4-2-6-22(10-13)11-14-5-3-7-24-14/h3,5,7-8,13H,2,4,6,9-11H2,1H3,(H,19,23)(H2,18,20,21). The van der Waals surface area contributed by atoms with Crippen molar-refractivity contribution in [1.82, 2.24) is 20.2 Å². The minimum atomic E-state index is -0.199. The molecule has 0 aliphatic carbocycles. The lowest BCUT2D eigenvalue weighted by Crippen LogP contribution is -2.40. The highest BCUT2D eigenvalue weighted by molar-refractivity contribution is 5.92. The fourth-order valence-corrected chi connectivity index (χ4v) is 3.12. The molecule has 1 atom stereocenters. The van der Waals surface area contributed by atoms with E-state index in [1.807, 2.05) is 12.1 Å². The van der Waals surface area contributed by atoms with Gasteiger partial charge < -0.3 is 15.5 Å². The van der Waals surface area contributed by atoms with E-state index in [2.05, 4.69) is 20.2 Å². The Hall–Kier alpha value is -2.41. The number of nitrogen functional groups attached to an aromatic ring is 1. The number of aryl methyl sites for hydroxylation is 1. The van der Waals surface area contributed by atoms with Crippen LogP contribution < -0.4 is 11.1 Å². The number of rotatable bonds is 5. The van der Waals surface area contributed by atoms with Gasteiger partial charge in [0.25, 0.3) is 5.91 Å². The molecule has 0 saturated carbocycles. The fourth-order valence-electron chi connectivity index (χ4n) is 3.12. The molecule has 1 aliphatic heterocycles. The van der Waals surface area contributed by atoms with E-state index in [1.165, 1.54) is 0 Å². The summed E-state index contributed by atoms with van der Waals surface area (Å²) in [7, 11) is 0. The largest absolute Gasteiger partial charge is 0.468 e. The first kappa shape index (κ1) is 16.4. The highest BCUT2D eigenvalue weighted by Gasteiger charge is 2.21. The number of hydrogen-bond donors (Lipinski definition) is 2. The Labute approximate surface area is 141 Å². The molecule has 0 radical (unpaired) electrons. The number of piperidine rings is 1. The maximum atomic E-state index is 12.2. The number of nitrogens with one attached hydrogen (secondary N) is 1. The van der Waals surface area contributed by atoms with Gasteiger partial charge in [-0.05, 0) is 50.4 Å². The van der Waals surface area contributed by atoms with Gasteiger partial charge in [0.05, 0.1) is 12.8 Å². The zero-order chi connectivity index (χ0) is 16.9. The van der Waals surface area contributed by atoms with Crippen LogP contribution in [0.4, 0.5) is 5.95 Å². The predicted octanol–water partition coefficient (Wildman–Crippen LogP) is 1.60. The third-order valence-electron chi connectivity index (χ3n) is 4.22. The molecule has 3 heterocycles. The van der Waals surface area contributed by atoms with Crippen LogP contribution in [0.25, 0.3) is 0 Å². The van der Waals surface area contributed by atoms with Crippen LogP contribution in [-0.4, -0.2) is 40.4 Å². The Morgan fingerprint density at radius 1 is 1.50 bits per heavy atom. The monoisotopic (exact) mass is 329 g/mol. The molecule has 24 heavy (non-hydrogen) atoms. The summed E-state index contributed by atoms with van der Waals surface area (Å²) < 4.78 is 5.41. The summed E-state index contributed by atoms with van der Waals surface area (Å²) in [6.45, 7) is 5.26. The van der Waals surface area contributed by atoms with E-state index in [0.29, 0.717) is 23.9 Å². The van der Waals surface area contributed by atoms with Gasteiger partial charge in [-0.1, -0.05) is 0 Å². The van der Waals surface area contributed by atoms with Crippen molar-refractivity contribution in [3.63, 3.8) is 0 Å². The van der Waals surface area contributed by atoms with Gasteiger partial charge >= 0.3 is 0 Å². The third-order valence-corrected chi connectivity index (χ3v) is 4.22. The molecule has 0 aromatic carbocycles. The summed E-state index contributed by atoms with van der Waals surface area (Å²) in [5.74, 6) is 1.34. The lowest BCUT2D eigenvalue weighted by molar-refractivity contribution is 0.0923. The summed E-state index contributed by atoms with van der Waals surface area (Å²) in [5, 5.41) is 2.97. The van der Waals surface area contributed by atoms with Crippen LogP contribution >= 0.6 is 0 Å². The lowest BCUT2D eigenvalue weighted by Gasteiger charge is -2.32. The quantitative estimate of drug-likeness (QED) is 0.865. The average molecular weight is 329 g/mol. The van der Waals surface area contributed by atoms with Gasteiger partial charge in [-0.2, -0.15) is 0 Å². The summed E-state index contributed by atoms with van der Waals surface area (Å²) in [4.78, 5) is 22.6. The van der Waals surface area contributed by atoms with Crippen LogP contribution in [0.3, 0.4) is 0 Å².